The van der Waals surface area contributed by atoms with E-state index in [1.54, 1.807) is 14.2 Å². The average Bonchev–Trinajstić information content (AvgIpc) is 2.03. The number of hydrogen-bond acceptors (Lipinski definition) is 2. The first-order valence-corrected chi connectivity index (χ1v) is 5.13. The second-order valence-electron chi connectivity index (χ2n) is 2.12. The lowest BCUT2D eigenvalue weighted by Gasteiger charge is -2.07. The maximum absolute atomic E-state index is 5.17. The second kappa shape index (κ2) is 4.32. The van der Waals surface area contributed by atoms with Crippen molar-refractivity contribution < 1.29 is 9.47 Å². The van der Waals surface area contributed by atoms with Crippen LogP contribution >= 0.6 is 38.5 Å². The van der Waals surface area contributed by atoms with Crippen LogP contribution in [0.5, 0.6) is 11.5 Å². The van der Waals surface area contributed by atoms with Crippen molar-refractivity contribution in [2.24, 2.45) is 0 Å². The summed E-state index contributed by atoms with van der Waals surface area (Å²) in [7, 11) is 3.29. The van der Waals surface area contributed by atoms with E-state index in [0.717, 1.165) is 19.5 Å². The van der Waals surface area contributed by atoms with E-state index in [-0.39, 0.29) is 0 Å². The highest BCUT2D eigenvalue weighted by Gasteiger charge is 2.07. The van der Waals surface area contributed by atoms with Crippen LogP contribution in [-0.2, 0) is 0 Å². The van der Waals surface area contributed by atoms with Gasteiger partial charge in [-0.2, -0.15) is 0 Å². The van der Waals surface area contributed by atoms with Gasteiger partial charge < -0.3 is 9.47 Å². The van der Waals surface area contributed by atoms with Gasteiger partial charge in [-0.3, -0.25) is 0 Å². The molecule has 0 N–H and O–H groups in total. The van der Waals surface area contributed by atoms with Crippen LogP contribution in [-0.4, -0.2) is 14.2 Å². The van der Waals surface area contributed by atoms with Gasteiger partial charge in [0.1, 0.15) is 11.5 Å². The fraction of sp³-hybridized carbons (Fsp3) is 0.250. The van der Waals surface area contributed by atoms with E-state index in [1.807, 2.05) is 12.1 Å². The summed E-state index contributed by atoms with van der Waals surface area (Å²) in [4.78, 5) is 0. The number of hydrogen-bond donors (Lipinski definition) is 0. The van der Waals surface area contributed by atoms with Gasteiger partial charge in [0.25, 0.3) is 0 Å². The van der Waals surface area contributed by atoms with Crippen LogP contribution in [0.15, 0.2) is 16.6 Å². The molecule has 1 aromatic rings. The summed E-state index contributed by atoms with van der Waals surface area (Å²) in [5.41, 5.74) is 0. The molecule has 2 nitrogen and oxygen atoms in total. The molecule has 0 atom stereocenters. The SMILES string of the molecule is COc1cc(Br)c(OC)c(I)c1. The van der Waals surface area contributed by atoms with Crippen molar-refractivity contribution >= 4 is 38.5 Å². The average molecular weight is 343 g/mol. The fourth-order valence-electron chi connectivity index (χ4n) is 0.849. The largest absolute Gasteiger partial charge is 0.497 e. The molecule has 1 rings (SSSR count). The first kappa shape index (κ1) is 10.1. The van der Waals surface area contributed by atoms with Crippen LogP contribution in [0.2, 0.25) is 0 Å². The lowest BCUT2D eigenvalue weighted by atomic mass is 10.3. The Kier molecular flexibility index (Phi) is 3.64. The van der Waals surface area contributed by atoms with Gasteiger partial charge in [0.2, 0.25) is 0 Å². The molecule has 0 bridgehead atoms. The Bertz CT molecular complexity index is 265. The molecule has 0 heterocycles. The molecule has 0 unspecified atom stereocenters. The van der Waals surface area contributed by atoms with Crippen molar-refractivity contribution in [1.82, 2.24) is 0 Å². The maximum atomic E-state index is 5.17. The molecule has 12 heavy (non-hydrogen) atoms. The molecule has 0 saturated heterocycles. The molecular weight excluding hydrogens is 335 g/mol. The fourth-order valence-corrected chi connectivity index (χ4v) is 2.64. The summed E-state index contributed by atoms with van der Waals surface area (Å²) in [5, 5.41) is 0. The Morgan fingerprint density at radius 2 is 1.92 bits per heavy atom. The highest BCUT2D eigenvalue weighted by molar-refractivity contribution is 14.1. The zero-order valence-corrected chi connectivity index (χ0v) is 10.5. The summed E-state index contributed by atoms with van der Waals surface area (Å²) in [6, 6.07) is 3.80. The van der Waals surface area contributed by atoms with Crippen LogP contribution in [0.4, 0.5) is 0 Å². The van der Waals surface area contributed by atoms with Crippen LogP contribution in [0.25, 0.3) is 0 Å². The molecule has 0 spiro atoms. The topological polar surface area (TPSA) is 18.5 Å². The van der Waals surface area contributed by atoms with E-state index in [4.69, 9.17) is 9.47 Å². The Morgan fingerprint density at radius 1 is 1.25 bits per heavy atom. The summed E-state index contributed by atoms with van der Waals surface area (Å²) in [6.45, 7) is 0. The Hall–Kier alpha value is 0.0300. The minimum Gasteiger partial charge on any atom is -0.497 e. The van der Waals surface area contributed by atoms with Crippen LogP contribution < -0.4 is 9.47 Å². The van der Waals surface area contributed by atoms with Crippen LogP contribution in [0.1, 0.15) is 0 Å². The molecule has 0 saturated carbocycles. The number of benzene rings is 1. The highest BCUT2D eigenvalue weighted by Crippen LogP contribution is 2.34. The van der Waals surface area contributed by atoms with Crippen molar-refractivity contribution in [3.05, 3.63) is 20.2 Å². The molecule has 0 fully saturated rings. The third-order valence-corrected chi connectivity index (χ3v) is 2.80. The summed E-state index contributed by atoms with van der Waals surface area (Å²) >= 11 is 5.59. The smallest absolute Gasteiger partial charge is 0.146 e. The van der Waals surface area contributed by atoms with Crippen molar-refractivity contribution in [3.8, 4) is 11.5 Å². The van der Waals surface area contributed by atoms with Crippen molar-refractivity contribution in [2.75, 3.05) is 14.2 Å². The third kappa shape index (κ3) is 2.04. The summed E-state index contributed by atoms with van der Waals surface area (Å²) in [5.74, 6) is 1.67. The zero-order chi connectivity index (χ0) is 9.14. The quantitative estimate of drug-likeness (QED) is 0.769. The molecule has 0 aliphatic heterocycles. The van der Waals surface area contributed by atoms with Crippen molar-refractivity contribution in [2.45, 2.75) is 0 Å². The maximum Gasteiger partial charge on any atom is 0.146 e. The molecule has 0 aromatic heterocycles. The zero-order valence-electron chi connectivity index (χ0n) is 6.73. The van der Waals surface area contributed by atoms with Gasteiger partial charge in [-0.25, -0.2) is 0 Å². The Balaban J connectivity index is 3.18. The Labute approximate surface area is 93.5 Å². The van der Waals surface area contributed by atoms with Crippen molar-refractivity contribution in [3.63, 3.8) is 0 Å². The molecule has 4 heteroatoms. The molecular formula is C8H8BrIO2. The minimum absolute atomic E-state index is 0.826. The number of ether oxygens (including phenoxy) is 2. The van der Waals surface area contributed by atoms with Gasteiger partial charge in [-0.15, -0.1) is 0 Å². The van der Waals surface area contributed by atoms with Gasteiger partial charge in [-0.05, 0) is 50.7 Å². The van der Waals surface area contributed by atoms with E-state index in [2.05, 4.69) is 38.5 Å². The van der Waals surface area contributed by atoms with E-state index in [9.17, 15) is 0 Å². The first-order valence-electron chi connectivity index (χ1n) is 3.26. The van der Waals surface area contributed by atoms with Crippen LogP contribution in [0, 0.1) is 3.57 Å². The van der Waals surface area contributed by atoms with Gasteiger partial charge in [-0.1, -0.05) is 0 Å². The Morgan fingerprint density at radius 3 is 2.33 bits per heavy atom. The van der Waals surface area contributed by atoms with E-state index in [1.165, 1.54) is 0 Å². The normalized spacial score (nSPS) is 9.67. The molecule has 0 aliphatic rings. The number of rotatable bonds is 2. The molecule has 66 valence electrons. The molecule has 0 aliphatic carbocycles. The van der Waals surface area contributed by atoms with Gasteiger partial charge in [0, 0.05) is 0 Å². The monoisotopic (exact) mass is 342 g/mol. The van der Waals surface area contributed by atoms with Crippen LogP contribution in [0.3, 0.4) is 0 Å². The first-order chi connectivity index (χ1) is 5.69. The van der Waals surface area contributed by atoms with Gasteiger partial charge >= 0.3 is 0 Å². The van der Waals surface area contributed by atoms with Gasteiger partial charge in [0.15, 0.2) is 0 Å². The minimum atomic E-state index is 0.826. The summed E-state index contributed by atoms with van der Waals surface area (Å²) in [6.07, 6.45) is 0. The highest BCUT2D eigenvalue weighted by atomic mass is 127. The number of halogens is 2. The van der Waals surface area contributed by atoms with E-state index in [0.29, 0.717) is 0 Å². The summed E-state index contributed by atoms with van der Waals surface area (Å²) < 4.78 is 12.2. The van der Waals surface area contributed by atoms with Gasteiger partial charge in [0.05, 0.1) is 22.3 Å². The molecule has 0 radical (unpaired) electrons. The van der Waals surface area contributed by atoms with E-state index >= 15 is 0 Å². The molecule has 0 amide bonds. The van der Waals surface area contributed by atoms with E-state index < -0.39 is 0 Å². The standard InChI is InChI=1S/C8H8BrIO2/c1-11-5-3-6(9)8(12-2)7(10)4-5/h3-4H,1-2H3. The lowest BCUT2D eigenvalue weighted by Crippen LogP contribution is -1.90. The predicted octanol–water partition coefficient (Wildman–Crippen LogP) is 3.07. The van der Waals surface area contributed by atoms with Crippen molar-refractivity contribution in [1.29, 1.82) is 0 Å². The second-order valence-corrected chi connectivity index (χ2v) is 4.14. The molecule has 1 aromatic carbocycles. The number of methoxy groups -OCH3 is 2. The lowest BCUT2D eigenvalue weighted by molar-refractivity contribution is 0.398. The third-order valence-electron chi connectivity index (χ3n) is 1.41. The predicted molar refractivity (Wildman–Crippen MR) is 60.0 cm³/mol.